The topological polar surface area (TPSA) is 35.5 Å². The lowest BCUT2D eigenvalue weighted by molar-refractivity contribution is 0.0734. The van der Waals surface area contributed by atoms with E-state index in [-0.39, 0.29) is 5.97 Å². The highest BCUT2D eigenvalue weighted by atomic mass is 79.9. The first-order valence-corrected chi connectivity index (χ1v) is 16.2. The zero-order valence-electron chi connectivity index (χ0n) is 24.6. The van der Waals surface area contributed by atoms with Crippen LogP contribution in [0.2, 0.25) is 0 Å². The van der Waals surface area contributed by atoms with E-state index in [1.165, 1.54) is 82.6 Å². The zero-order valence-corrected chi connectivity index (χ0v) is 26.1. The monoisotopic (exact) mass is 606 g/mol. The molecule has 0 aliphatic carbocycles. The molecular weight excluding hydrogens is 560 g/mol. The summed E-state index contributed by atoms with van der Waals surface area (Å²) in [5.74, 6) is 1.10. The van der Waals surface area contributed by atoms with E-state index in [0.717, 1.165) is 40.8 Å². The van der Waals surface area contributed by atoms with Crippen LogP contribution < -0.4 is 9.47 Å². The molecule has 0 heterocycles. The maximum Gasteiger partial charge on any atom is 0.343 e. The Morgan fingerprint density at radius 1 is 0.625 bits per heavy atom. The van der Waals surface area contributed by atoms with Crippen molar-refractivity contribution in [3.63, 3.8) is 0 Å². The minimum absolute atomic E-state index is 0.345. The Kier molecular flexibility index (Phi) is 14.9. The molecule has 0 bridgehead atoms. The molecular formula is C36H47BrO3. The second-order valence-electron chi connectivity index (χ2n) is 10.7. The van der Waals surface area contributed by atoms with Crippen LogP contribution in [0.4, 0.5) is 0 Å². The quantitative estimate of drug-likeness (QED) is 0.0773. The molecule has 3 aromatic carbocycles. The van der Waals surface area contributed by atoms with Gasteiger partial charge in [-0.2, -0.15) is 0 Å². The summed E-state index contributed by atoms with van der Waals surface area (Å²) in [7, 11) is 0. The van der Waals surface area contributed by atoms with Gasteiger partial charge in [0.25, 0.3) is 0 Å². The van der Waals surface area contributed by atoms with Crippen molar-refractivity contribution >= 4 is 21.9 Å². The van der Waals surface area contributed by atoms with Crippen molar-refractivity contribution in [2.45, 2.75) is 104 Å². The first kappa shape index (κ1) is 31.9. The van der Waals surface area contributed by atoms with Crippen molar-refractivity contribution < 1.29 is 14.3 Å². The average molecular weight is 608 g/mol. The number of hydrogen-bond acceptors (Lipinski definition) is 3. The lowest BCUT2D eigenvalue weighted by Crippen LogP contribution is -2.08. The van der Waals surface area contributed by atoms with Gasteiger partial charge in [-0.05, 0) is 72.4 Å². The molecule has 40 heavy (non-hydrogen) atoms. The molecule has 3 rings (SSSR count). The van der Waals surface area contributed by atoms with Crippen molar-refractivity contribution in [3.05, 3.63) is 82.3 Å². The van der Waals surface area contributed by atoms with Gasteiger partial charge in [0.1, 0.15) is 11.5 Å². The summed E-state index contributed by atoms with van der Waals surface area (Å²) in [4.78, 5) is 12.8. The summed E-state index contributed by atoms with van der Waals surface area (Å²) >= 11 is 3.66. The standard InChI is InChI=1S/C36H47BrO3/c1-3-5-7-9-11-12-14-16-31-17-18-32(28-35(31)37)36(38)40-34-25-21-30(22-26-34)29-19-23-33(24-20-29)39-27-15-13-10-8-6-4-2/h17-26,28H,3-16,27H2,1-2H3. The van der Waals surface area contributed by atoms with Crippen molar-refractivity contribution in [1.29, 1.82) is 0 Å². The second-order valence-corrected chi connectivity index (χ2v) is 11.6. The molecule has 0 unspecified atom stereocenters. The number of carbonyl (C=O) groups excluding carboxylic acids is 1. The minimum atomic E-state index is -0.345. The van der Waals surface area contributed by atoms with Crippen molar-refractivity contribution in [2.75, 3.05) is 6.61 Å². The molecule has 3 nitrogen and oxygen atoms in total. The highest BCUT2D eigenvalue weighted by Gasteiger charge is 2.12. The van der Waals surface area contributed by atoms with E-state index < -0.39 is 0 Å². The van der Waals surface area contributed by atoms with E-state index in [1.807, 2.05) is 54.6 Å². The van der Waals surface area contributed by atoms with Gasteiger partial charge in [-0.3, -0.25) is 0 Å². The van der Waals surface area contributed by atoms with E-state index in [4.69, 9.17) is 9.47 Å². The number of aryl methyl sites for hydroxylation is 1. The first-order chi connectivity index (χ1) is 19.6. The van der Waals surface area contributed by atoms with Crippen LogP contribution in [0.5, 0.6) is 11.5 Å². The van der Waals surface area contributed by atoms with Crippen LogP contribution in [-0.2, 0) is 6.42 Å². The Labute approximate surface area is 250 Å². The maximum absolute atomic E-state index is 12.8. The van der Waals surface area contributed by atoms with Crippen molar-refractivity contribution in [3.8, 4) is 22.6 Å². The third kappa shape index (κ3) is 11.5. The molecule has 0 saturated carbocycles. The van der Waals surface area contributed by atoms with E-state index in [1.54, 1.807) is 0 Å². The zero-order chi connectivity index (χ0) is 28.4. The number of benzene rings is 3. The molecule has 0 fully saturated rings. The van der Waals surface area contributed by atoms with E-state index in [9.17, 15) is 4.79 Å². The molecule has 3 aromatic rings. The Morgan fingerprint density at radius 3 is 1.73 bits per heavy atom. The molecule has 216 valence electrons. The van der Waals surface area contributed by atoms with Gasteiger partial charge in [0.05, 0.1) is 12.2 Å². The van der Waals surface area contributed by atoms with Gasteiger partial charge in [-0.15, -0.1) is 0 Å². The fourth-order valence-corrected chi connectivity index (χ4v) is 5.42. The number of hydrogen-bond donors (Lipinski definition) is 0. The highest BCUT2D eigenvalue weighted by Crippen LogP contribution is 2.26. The van der Waals surface area contributed by atoms with Crippen molar-refractivity contribution in [1.82, 2.24) is 0 Å². The molecule has 0 radical (unpaired) electrons. The maximum atomic E-state index is 12.8. The third-order valence-electron chi connectivity index (χ3n) is 7.36. The summed E-state index contributed by atoms with van der Waals surface area (Å²) in [6.07, 6.45) is 17.7. The van der Waals surface area contributed by atoms with E-state index in [2.05, 4.69) is 41.9 Å². The lowest BCUT2D eigenvalue weighted by atomic mass is 10.0. The van der Waals surface area contributed by atoms with Gasteiger partial charge in [-0.1, -0.05) is 131 Å². The number of esters is 1. The number of rotatable bonds is 19. The summed E-state index contributed by atoms with van der Waals surface area (Å²) in [5, 5.41) is 0. The largest absolute Gasteiger partial charge is 0.494 e. The van der Waals surface area contributed by atoms with Gasteiger partial charge in [0.2, 0.25) is 0 Å². The van der Waals surface area contributed by atoms with Crippen LogP contribution in [-0.4, -0.2) is 12.6 Å². The molecule has 0 amide bonds. The minimum Gasteiger partial charge on any atom is -0.494 e. The smallest absolute Gasteiger partial charge is 0.343 e. The van der Waals surface area contributed by atoms with Gasteiger partial charge >= 0.3 is 5.97 Å². The fourth-order valence-electron chi connectivity index (χ4n) is 4.85. The molecule has 0 aromatic heterocycles. The van der Waals surface area contributed by atoms with Gasteiger partial charge in [0.15, 0.2) is 0 Å². The predicted octanol–water partition coefficient (Wildman–Crippen LogP) is 11.4. The SMILES string of the molecule is CCCCCCCCCc1ccc(C(=O)Oc2ccc(-c3ccc(OCCCCCCCC)cc3)cc2)cc1Br. The van der Waals surface area contributed by atoms with Crippen LogP contribution >= 0.6 is 15.9 Å². The Bertz CT molecular complexity index is 1120. The van der Waals surface area contributed by atoms with Crippen LogP contribution in [0.1, 0.15) is 113 Å². The van der Waals surface area contributed by atoms with Crippen molar-refractivity contribution in [2.24, 2.45) is 0 Å². The lowest BCUT2D eigenvalue weighted by Gasteiger charge is -2.10. The Morgan fingerprint density at radius 2 is 1.15 bits per heavy atom. The highest BCUT2D eigenvalue weighted by molar-refractivity contribution is 9.10. The Balaban J connectivity index is 1.43. The average Bonchev–Trinajstić information content (AvgIpc) is 2.97. The summed E-state index contributed by atoms with van der Waals surface area (Å²) < 4.78 is 12.5. The summed E-state index contributed by atoms with van der Waals surface area (Å²) in [6.45, 7) is 5.26. The van der Waals surface area contributed by atoms with Crippen LogP contribution in [0.25, 0.3) is 11.1 Å². The molecule has 0 spiro atoms. The van der Waals surface area contributed by atoms with E-state index >= 15 is 0 Å². The first-order valence-electron chi connectivity index (χ1n) is 15.4. The second kappa shape index (κ2) is 18.7. The van der Waals surface area contributed by atoms with Gasteiger partial charge in [-0.25, -0.2) is 4.79 Å². The molecule has 0 N–H and O–H groups in total. The molecule has 0 aliphatic rings. The van der Waals surface area contributed by atoms with Gasteiger partial charge < -0.3 is 9.47 Å². The van der Waals surface area contributed by atoms with Crippen LogP contribution in [0.15, 0.2) is 71.2 Å². The number of halogens is 1. The number of carbonyl (C=O) groups is 1. The fraction of sp³-hybridized carbons (Fsp3) is 0.472. The number of unbranched alkanes of at least 4 members (excludes halogenated alkanes) is 11. The number of ether oxygens (including phenoxy) is 2. The van der Waals surface area contributed by atoms with E-state index in [0.29, 0.717) is 11.3 Å². The molecule has 0 atom stereocenters. The van der Waals surface area contributed by atoms with Gasteiger partial charge in [0, 0.05) is 4.47 Å². The van der Waals surface area contributed by atoms with Crippen LogP contribution in [0.3, 0.4) is 0 Å². The summed E-state index contributed by atoms with van der Waals surface area (Å²) in [5.41, 5.74) is 3.97. The summed E-state index contributed by atoms with van der Waals surface area (Å²) in [6, 6.07) is 21.6. The predicted molar refractivity (Wildman–Crippen MR) is 172 cm³/mol. The third-order valence-corrected chi connectivity index (χ3v) is 8.10. The molecule has 0 aliphatic heterocycles. The molecule has 0 saturated heterocycles. The Hall–Kier alpha value is -2.59. The molecule has 4 heteroatoms. The van der Waals surface area contributed by atoms with Crippen LogP contribution in [0, 0.1) is 0 Å². The normalized spacial score (nSPS) is 11.0.